The third-order valence-corrected chi connectivity index (χ3v) is 4.32. The van der Waals surface area contributed by atoms with E-state index in [2.05, 4.69) is 53.9 Å². The van der Waals surface area contributed by atoms with E-state index in [1.807, 2.05) is 0 Å². The summed E-state index contributed by atoms with van der Waals surface area (Å²) in [5.74, 6) is 1.74. The Balaban J connectivity index is 1.70. The molecule has 110 valence electrons. The number of ether oxygens (including phenoxy) is 1. The monoisotopic (exact) mass is 281 g/mol. The summed E-state index contributed by atoms with van der Waals surface area (Å²) in [5, 5.41) is 6.11. The van der Waals surface area contributed by atoms with Crippen LogP contribution in [-0.4, -0.2) is 13.7 Å². The lowest BCUT2D eigenvalue weighted by molar-refractivity contribution is 0.419. The van der Waals surface area contributed by atoms with Crippen LogP contribution >= 0.6 is 0 Å². The summed E-state index contributed by atoms with van der Waals surface area (Å²) in [6.45, 7) is 2.02. The molecule has 0 saturated carbocycles. The van der Waals surface area contributed by atoms with Crippen molar-refractivity contribution in [3.05, 3.63) is 54.1 Å². The molecule has 2 nitrogen and oxygen atoms in total. The van der Waals surface area contributed by atoms with E-state index in [1.54, 1.807) is 7.11 Å². The summed E-state index contributed by atoms with van der Waals surface area (Å²) in [6.07, 6.45) is 8.38. The van der Waals surface area contributed by atoms with Gasteiger partial charge in [-0.1, -0.05) is 42.5 Å². The summed E-state index contributed by atoms with van der Waals surface area (Å²) in [7, 11) is 1.73. The smallest absolute Gasteiger partial charge is 0.126 e. The van der Waals surface area contributed by atoms with Crippen LogP contribution < -0.4 is 10.1 Å². The SMILES string of the molecule is COc1ccc(CNCC2CC=CCC2)c2ccccc12. The summed E-state index contributed by atoms with van der Waals surface area (Å²) in [4.78, 5) is 0. The van der Waals surface area contributed by atoms with Crippen molar-refractivity contribution in [1.29, 1.82) is 0 Å². The first-order chi connectivity index (χ1) is 10.4. The summed E-state index contributed by atoms with van der Waals surface area (Å²) in [5.41, 5.74) is 1.35. The molecule has 21 heavy (non-hydrogen) atoms. The topological polar surface area (TPSA) is 21.3 Å². The molecule has 1 N–H and O–H groups in total. The lowest BCUT2D eigenvalue weighted by Crippen LogP contribution is -2.23. The van der Waals surface area contributed by atoms with E-state index in [0.717, 1.165) is 24.8 Å². The zero-order valence-electron chi connectivity index (χ0n) is 12.6. The van der Waals surface area contributed by atoms with Gasteiger partial charge in [0, 0.05) is 11.9 Å². The molecular formula is C19H23NO. The van der Waals surface area contributed by atoms with E-state index < -0.39 is 0 Å². The maximum atomic E-state index is 5.45. The Labute approximate surface area is 126 Å². The van der Waals surface area contributed by atoms with Crippen LogP contribution in [-0.2, 0) is 6.54 Å². The van der Waals surface area contributed by atoms with Crippen LogP contribution in [0.4, 0.5) is 0 Å². The second kappa shape index (κ2) is 6.77. The molecule has 0 aliphatic heterocycles. The minimum atomic E-state index is 0.791. The fourth-order valence-corrected chi connectivity index (χ4v) is 3.12. The van der Waals surface area contributed by atoms with Gasteiger partial charge in [-0.2, -0.15) is 0 Å². The Bertz CT molecular complexity index is 632. The maximum absolute atomic E-state index is 5.45. The standard InChI is InChI=1S/C19H23NO/c1-21-19-12-11-16(17-9-5-6-10-18(17)19)14-20-13-15-7-3-2-4-8-15/h2-3,5-6,9-12,15,20H,4,7-8,13-14H2,1H3. The normalized spacial score (nSPS) is 18.0. The molecule has 0 saturated heterocycles. The number of hydrogen-bond donors (Lipinski definition) is 1. The predicted molar refractivity (Wildman–Crippen MR) is 88.7 cm³/mol. The Kier molecular flexibility index (Phi) is 4.56. The lowest BCUT2D eigenvalue weighted by atomic mass is 9.94. The highest BCUT2D eigenvalue weighted by Gasteiger charge is 2.10. The number of hydrogen-bond acceptors (Lipinski definition) is 2. The number of allylic oxidation sites excluding steroid dienone is 2. The number of benzene rings is 2. The second-order valence-corrected chi connectivity index (χ2v) is 5.75. The van der Waals surface area contributed by atoms with Crippen LogP contribution in [0.1, 0.15) is 24.8 Å². The Morgan fingerprint density at radius 1 is 1.10 bits per heavy atom. The molecule has 0 aromatic heterocycles. The van der Waals surface area contributed by atoms with E-state index in [9.17, 15) is 0 Å². The average molecular weight is 281 g/mol. The molecular weight excluding hydrogens is 258 g/mol. The Morgan fingerprint density at radius 2 is 1.95 bits per heavy atom. The second-order valence-electron chi connectivity index (χ2n) is 5.75. The van der Waals surface area contributed by atoms with E-state index in [4.69, 9.17) is 4.74 Å². The molecule has 1 atom stereocenters. The molecule has 0 fully saturated rings. The predicted octanol–water partition coefficient (Wildman–Crippen LogP) is 4.29. The van der Waals surface area contributed by atoms with Crippen LogP contribution in [0, 0.1) is 5.92 Å². The highest BCUT2D eigenvalue weighted by atomic mass is 16.5. The lowest BCUT2D eigenvalue weighted by Gasteiger charge is -2.18. The molecule has 0 spiro atoms. The maximum Gasteiger partial charge on any atom is 0.126 e. The van der Waals surface area contributed by atoms with Gasteiger partial charge in [0.25, 0.3) is 0 Å². The largest absolute Gasteiger partial charge is 0.496 e. The molecule has 2 heteroatoms. The Morgan fingerprint density at radius 3 is 2.71 bits per heavy atom. The first kappa shape index (κ1) is 14.2. The highest BCUT2D eigenvalue weighted by Crippen LogP contribution is 2.28. The number of rotatable bonds is 5. The van der Waals surface area contributed by atoms with Gasteiger partial charge in [0.2, 0.25) is 0 Å². The van der Waals surface area contributed by atoms with Crippen molar-refractivity contribution in [2.24, 2.45) is 5.92 Å². The van der Waals surface area contributed by atoms with Crippen LogP contribution in [0.3, 0.4) is 0 Å². The Hall–Kier alpha value is -1.80. The molecule has 0 heterocycles. The molecule has 2 aromatic rings. The quantitative estimate of drug-likeness (QED) is 0.825. The minimum Gasteiger partial charge on any atom is -0.496 e. The van der Waals surface area contributed by atoms with E-state index in [0.29, 0.717) is 0 Å². The summed E-state index contributed by atoms with van der Waals surface area (Å²) >= 11 is 0. The van der Waals surface area contributed by atoms with Crippen LogP contribution in [0.5, 0.6) is 5.75 Å². The van der Waals surface area contributed by atoms with Gasteiger partial charge in [-0.15, -0.1) is 0 Å². The third kappa shape index (κ3) is 3.27. The zero-order valence-corrected chi connectivity index (χ0v) is 12.6. The molecule has 3 rings (SSSR count). The van der Waals surface area contributed by atoms with Gasteiger partial charge in [0.05, 0.1) is 7.11 Å². The molecule has 0 radical (unpaired) electrons. The van der Waals surface area contributed by atoms with Crippen molar-refractivity contribution in [3.63, 3.8) is 0 Å². The average Bonchev–Trinajstić information content (AvgIpc) is 2.56. The van der Waals surface area contributed by atoms with Gasteiger partial charge in [-0.3, -0.25) is 0 Å². The van der Waals surface area contributed by atoms with Gasteiger partial charge in [-0.05, 0) is 48.7 Å². The van der Waals surface area contributed by atoms with Crippen molar-refractivity contribution in [2.75, 3.05) is 13.7 Å². The van der Waals surface area contributed by atoms with Gasteiger partial charge < -0.3 is 10.1 Å². The number of methoxy groups -OCH3 is 1. The summed E-state index contributed by atoms with van der Waals surface area (Å²) in [6, 6.07) is 12.7. The third-order valence-electron chi connectivity index (χ3n) is 4.32. The van der Waals surface area contributed by atoms with Crippen molar-refractivity contribution >= 4 is 10.8 Å². The summed E-state index contributed by atoms with van der Waals surface area (Å²) < 4.78 is 5.45. The molecule has 1 unspecified atom stereocenters. The van der Waals surface area contributed by atoms with E-state index in [-0.39, 0.29) is 0 Å². The van der Waals surface area contributed by atoms with Crippen LogP contribution in [0.25, 0.3) is 10.8 Å². The van der Waals surface area contributed by atoms with Crippen molar-refractivity contribution in [2.45, 2.75) is 25.8 Å². The van der Waals surface area contributed by atoms with Crippen molar-refractivity contribution in [1.82, 2.24) is 5.32 Å². The highest BCUT2D eigenvalue weighted by molar-refractivity contribution is 5.91. The first-order valence-electron chi connectivity index (χ1n) is 7.79. The van der Waals surface area contributed by atoms with Gasteiger partial charge >= 0.3 is 0 Å². The van der Waals surface area contributed by atoms with Gasteiger partial charge in [-0.25, -0.2) is 0 Å². The van der Waals surface area contributed by atoms with Crippen molar-refractivity contribution < 1.29 is 4.74 Å². The molecule has 0 amide bonds. The molecule has 1 aliphatic rings. The number of nitrogens with one attached hydrogen (secondary N) is 1. The van der Waals surface area contributed by atoms with Gasteiger partial charge in [0.1, 0.15) is 5.75 Å². The fraction of sp³-hybridized carbons (Fsp3) is 0.368. The van der Waals surface area contributed by atoms with Crippen LogP contribution in [0.15, 0.2) is 48.6 Å². The van der Waals surface area contributed by atoms with E-state index >= 15 is 0 Å². The van der Waals surface area contributed by atoms with Gasteiger partial charge in [0.15, 0.2) is 0 Å². The van der Waals surface area contributed by atoms with Crippen LogP contribution in [0.2, 0.25) is 0 Å². The molecule has 0 bridgehead atoms. The fourth-order valence-electron chi connectivity index (χ4n) is 3.12. The van der Waals surface area contributed by atoms with E-state index in [1.165, 1.54) is 35.6 Å². The molecule has 2 aromatic carbocycles. The number of fused-ring (bicyclic) bond motifs is 1. The minimum absolute atomic E-state index is 0.791. The first-order valence-corrected chi connectivity index (χ1v) is 7.79. The molecule has 1 aliphatic carbocycles. The van der Waals surface area contributed by atoms with Crippen molar-refractivity contribution in [3.8, 4) is 5.75 Å². The zero-order chi connectivity index (χ0) is 14.5.